The summed E-state index contributed by atoms with van der Waals surface area (Å²) in [6.07, 6.45) is 5.22. The van der Waals surface area contributed by atoms with Crippen LogP contribution < -0.4 is 5.32 Å². The predicted molar refractivity (Wildman–Crippen MR) is 114 cm³/mol. The first-order valence-corrected chi connectivity index (χ1v) is 11.1. The smallest absolute Gasteiger partial charge is 0.246 e. The van der Waals surface area contributed by atoms with E-state index in [9.17, 15) is 9.18 Å². The number of ether oxygens (including phenoxy) is 1. The molecule has 1 aliphatic heterocycles. The van der Waals surface area contributed by atoms with Gasteiger partial charge in [0.1, 0.15) is 12.4 Å². The summed E-state index contributed by atoms with van der Waals surface area (Å²) in [5.74, 6) is -0.278. The van der Waals surface area contributed by atoms with Gasteiger partial charge in [-0.2, -0.15) is 0 Å². The van der Waals surface area contributed by atoms with Crippen molar-refractivity contribution in [1.82, 2.24) is 10.2 Å². The number of benzene rings is 1. The van der Waals surface area contributed by atoms with Crippen LogP contribution in [0.4, 0.5) is 4.39 Å². The highest BCUT2D eigenvalue weighted by molar-refractivity contribution is 5.77. The Morgan fingerprint density at radius 3 is 2.66 bits per heavy atom. The molecule has 1 aromatic rings. The monoisotopic (exact) mass is 404 g/mol. The van der Waals surface area contributed by atoms with Gasteiger partial charge in [0.15, 0.2) is 0 Å². The molecule has 0 aromatic heterocycles. The van der Waals surface area contributed by atoms with E-state index >= 15 is 0 Å². The fourth-order valence-corrected chi connectivity index (χ4v) is 4.80. The van der Waals surface area contributed by atoms with Crippen LogP contribution in [0.2, 0.25) is 0 Å². The number of hydrogen-bond acceptors (Lipinski definition) is 3. The molecule has 0 bridgehead atoms. The Bertz CT molecular complexity index is 705. The van der Waals surface area contributed by atoms with Crippen LogP contribution in [0.5, 0.6) is 0 Å². The average molecular weight is 405 g/mol. The molecule has 1 spiro atoms. The third kappa shape index (κ3) is 5.58. The molecular formula is C24H37FN2O2. The van der Waals surface area contributed by atoms with Crippen molar-refractivity contribution < 1.29 is 13.9 Å². The third-order valence-corrected chi connectivity index (χ3v) is 6.64. The lowest BCUT2D eigenvalue weighted by molar-refractivity contribution is -0.126. The fraction of sp³-hybridized carbons (Fsp3) is 0.708. The van der Waals surface area contributed by atoms with Crippen molar-refractivity contribution in [3.8, 4) is 0 Å². The minimum atomic E-state index is -0.181. The van der Waals surface area contributed by atoms with Gasteiger partial charge in [0.25, 0.3) is 0 Å². The van der Waals surface area contributed by atoms with Gasteiger partial charge in [-0.05, 0) is 92.8 Å². The summed E-state index contributed by atoms with van der Waals surface area (Å²) in [6, 6.07) is 5.07. The van der Waals surface area contributed by atoms with E-state index in [-0.39, 0.29) is 29.8 Å². The van der Waals surface area contributed by atoms with Crippen molar-refractivity contribution in [3.05, 3.63) is 35.1 Å². The molecule has 1 N–H and O–H groups in total. The van der Waals surface area contributed by atoms with E-state index < -0.39 is 0 Å². The van der Waals surface area contributed by atoms with Crippen LogP contribution in [0, 0.1) is 11.2 Å². The molecule has 0 unspecified atom stereocenters. The van der Waals surface area contributed by atoms with Gasteiger partial charge < -0.3 is 15.0 Å². The van der Waals surface area contributed by atoms with E-state index in [2.05, 4.69) is 31.0 Å². The SMILES string of the molecule is CCOCC(=O)N[C@@H]1CCC2(CCN(CCC(C)(C)C)CC2)c2cc(F)ccc21. The van der Waals surface area contributed by atoms with Gasteiger partial charge in [-0.15, -0.1) is 0 Å². The number of nitrogens with zero attached hydrogens (tertiary/aromatic N) is 1. The van der Waals surface area contributed by atoms with Gasteiger partial charge in [0.2, 0.25) is 5.91 Å². The largest absolute Gasteiger partial charge is 0.372 e. The first-order valence-electron chi connectivity index (χ1n) is 11.1. The van der Waals surface area contributed by atoms with E-state index in [1.165, 1.54) is 12.5 Å². The van der Waals surface area contributed by atoms with Crippen LogP contribution in [0.3, 0.4) is 0 Å². The quantitative estimate of drug-likeness (QED) is 0.754. The van der Waals surface area contributed by atoms with E-state index in [4.69, 9.17) is 4.74 Å². The number of hydrogen-bond donors (Lipinski definition) is 1. The number of piperidine rings is 1. The molecule has 5 heteroatoms. The highest BCUT2D eigenvalue weighted by Crippen LogP contribution is 2.48. The van der Waals surface area contributed by atoms with Crippen molar-refractivity contribution in [1.29, 1.82) is 0 Å². The van der Waals surface area contributed by atoms with E-state index in [1.54, 1.807) is 6.07 Å². The zero-order valence-corrected chi connectivity index (χ0v) is 18.5. The van der Waals surface area contributed by atoms with Gasteiger partial charge >= 0.3 is 0 Å². The maximum absolute atomic E-state index is 14.2. The summed E-state index contributed by atoms with van der Waals surface area (Å²) in [5, 5.41) is 3.10. The Morgan fingerprint density at radius 1 is 1.28 bits per heavy atom. The topological polar surface area (TPSA) is 41.6 Å². The lowest BCUT2D eigenvalue weighted by atomic mass is 9.63. The minimum absolute atomic E-state index is 0.0385. The zero-order valence-electron chi connectivity index (χ0n) is 18.5. The second kappa shape index (κ2) is 9.13. The highest BCUT2D eigenvalue weighted by atomic mass is 19.1. The normalized spacial score (nSPS) is 21.8. The molecule has 1 atom stereocenters. The Hall–Kier alpha value is -1.46. The molecule has 0 radical (unpaired) electrons. The molecule has 4 nitrogen and oxygen atoms in total. The van der Waals surface area contributed by atoms with E-state index in [0.29, 0.717) is 12.0 Å². The lowest BCUT2D eigenvalue weighted by Crippen LogP contribution is -2.47. The summed E-state index contributed by atoms with van der Waals surface area (Å²) in [4.78, 5) is 14.8. The first-order chi connectivity index (χ1) is 13.7. The standard InChI is InChI=1S/C24H37FN2O2/c1-5-29-17-22(28)26-21-8-9-24(20-16-18(25)6-7-19(20)21)11-14-27(15-12-24)13-10-23(2,3)4/h6-7,16,21H,5,8-15,17H2,1-4H3,(H,26,28)/t21-/m1/s1. The molecule has 1 saturated heterocycles. The second-order valence-corrected chi connectivity index (χ2v) is 9.96. The predicted octanol–water partition coefficient (Wildman–Crippen LogP) is 4.58. The number of amides is 1. The van der Waals surface area contributed by atoms with E-state index in [1.807, 2.05) is 13.0 Å². The van der Waals surface area contributed by atoms with Crippen LogP contribution in [-0.2, 0) is 14.9 Å². The molecule has 3 rings (SSSR count). The Balaban J connectivity index is 1.72. The second-order valence-electron chi connectivity index (χ2n) is 9.96. The molecule has 1 aromatic carbocycles. The third-order valence-electron chi connectivity index (χ3n) is 6.64. The number of halogens is 1. The molecule has 1 fully saturated rings. The van der Waals surface area contributed by atoms with Gasteiger partial charge in [0.05, 0.1) is 6.04 Å². The lowest BCUT2D eigenvalue weighted by Gasteiger charge is -2.47. The fourth-order valence-electron chi connectivity index (χ4n) is 4.80. The van der Waals surface area contributed by atoms with Crippen molar-refractivity contribution >= 4 is 5.91 Å². The summed E-state index contributed by atoms with van der Waals surface area (Å²) < 4.78 is 19.4. The number of likely N-dealkylation sites (tertiary alicyclic amines) is 1. The van der Waals surface area contributed by atoms with Crippen molar-refractivity contribution in [2.24, 2.45) is 5.41 Å². The van der Waals surface area contributed by atoms with Crippen LogP contribution in [0.1, 0.15) is 77.0 Å². The number of carbonyl (C=O) groups is 1. The van der Waals surface area contributed by atoms with Crippen molar-refractivity contribution in [2.75, 3.05) is 32.8 Å². The number of nitrogens with one attached hydrogen (secondary N) is 1. The van der Waals surface area contributed by atoms with Gasteiger partial charge in [-0.1, -0.05) is 26.8 Å². The molecule has 0 saturated carbocycles. The average Bonchev–Trinajstić information content (AvgIpc) is 2.68. The zero-order chi connectivity index (χ0) is 21.1. The van der Waals surface area contributed by atoms with Gasteiger partial charge in [-0.3, -0.25) is 4.79 Å². The number of carbonyl (C=O) groups excluding carboxylic acids is 1. The van der Waals surface area contributed by atoms with Gasteiger partial charge in [0, 0.05) is 6.61 Å². The van der Waals surface area contributed by atoms with Crippen LogP contribution in [0.25, 0.3) is 0 Å². The summed E-state index contributed by atoms with van der Waals surface area (Å²) >= 11 is 0. The number of rotatable bonds is 6. The van der Waals surface area contributed by atoms with Crippen molar-refractivity contribution in [3.63, 3.8) is 0 Å². The Labute approximate surface area is 175 Å². The molecule has 1 aliphatic carbocycles. The Morgan fingerprint density at radius 2 is 2.00 bits per heavy atom. The highest BCUT2D eigenvalue weighted by Gasteiger charge is 2.42. The molecule has 1 amide bonds. The van der Waals surface area contributed by atoms with Crippen LogP contribution >= 0.6 is 0 Å². The maximum atomic E-state index is 14.2. The number of fused-ring (bicyclic) bond motifs is 2. The summed E-state index contributed by atoms with van der Waals surface area (Å²) in [5.41, 5.74) is 2.59. The molecule has 2 aliphatic rings. The molecule has 162 valence electrons. The van der Waals surface area contributed by atoms with Gasteiger partial charge in [-0.25, -0.2) is 4.39 Å². The van der Waals surface area contributed by atoms with Crippen LogP contribution in [-0.4, -0.2) is 43.7 Å². The summed E-state index contributed by atoms with van der Waals surface area (Å²) in [6.45, 7) is 12.6. The Kier molecular flexibility index (Phi) is 7.00. The molecule has 29 heavy (non-hydrogen) atoms. The molecular weight excluding hydrogens is 367 g/mol. The van der Waals surface area contributed by atoms with E-state index in [0.717, 1.165) is 56.4 Å². The van der Waals surface area contributed by atoms with Crippen molar-refractivity contribution in [2.45, 2.75) is 71.3 Å². The summed E-state index contributed by atoms with van der Waals surface area (Å²) in [7, 11) is 0. The first kappa shape index (κ1) is 22.2. The van der Waals surface area contributed by atoms with Crippen LogP contribution in [0.15, 0.2) is 18.2 Å². The minimum Gasteiger partial charge on any atom is -0.372 e. The maximum Gasteiger partial charge on any atom is 0.246 e. The molecule has 1 heterocycles.